The third-order valence-electron chi connectivity index (χ3n) is 4.33. The van der Waals surface area contributed by atoms with Crippen molar-refractivity contribution in [1.29, 1.82) is 0 Å². The molecule has 3 aromatic rings. The van der Waals surface area contributed by atoms with E-state index in [2.05, 4.69) is 4.98 Å². The van der Waals surface area contributed by atoms with Crippen LogP contribution in [0.25, 0.3) is 10.6 Å². The number of methoxy groups -OCH3 is 2. The van der Waals surface area contributed by atoms with Gasteiger partial charge in [0.15, 0.2) is 11.5 Å². The Balaban J connectivity index is 1.65. The molecule has 146 valence electrons. The summed E-state index contributed by atoms with van der Waals surface area (Å²) >= 11 is 7.47. The number of thiazole rings is 1. The zero-order chi connectivity index (χ0) is 20.1. The van der Waals surface area contributed by atoms with Gasteiger partial charge in [-0.15, -0.1) is 11.3 Å². The summed E-state index contributed by atoms with van der Waals surface area (Å²) in [4.78, 5) is 18.9. The first-order valence-corrected chi connectivity index (χ1v) is 9.95. The van der Waals surface area contributed by atoms with Crippen LogP contribution in [0.4, 0.5) is 0 Å². The number of likely N-dealkylation sites (N-methyl/N-ethyl adjacent to an activating group) is 1. The van der Waals surface area contributed by atoms with Gasteiger partial charge in [-0.1, -0.05) is 29.8 Å². The lowest BCUT2D eigenvalue weighted by Crippen LogP contribution is -2.29. The average molecular weight is 417 g/mol. The quantitative estimate of drug-likeness (QED) is 0.555. The van der Waals surface area contributed by atoms with E-state index in [4.69, 9.17) is 21.1 Å². The van der Waals surface area contributed by atoms with E-state index < -0.39 is 0 Å². The second kappa shape index (κ2) is 9.08. The van der Waals surface area contributed by atoms with Crippen LogP contribution in [0, 0.1) is 0 Å². The first kappa shape index (κ1) is 20.2. The van der Waals surface area contributed by atoms with Crippen molar-refractivity contribution in [3.05, 3.63) is 64.1 Å². The molecule has 0 aliphatic heterocycles. The van der Waals surface area contributed by atoms with E-state index >= 15 is 0 Å². The van der Waals surface area contributed by atoms with Crippen molar-refractivity contribution < 1.29 is 14.3 Å². The molecular formula is C21H21ClN2O3S. The molecule has 0 aliphatic carbocycles. The Kier molecular flexibility index (Phi) is 6.54. The SMILES string of the molecule is COc1ccc(CCN(C)C(=O)c2csc(-c3cccc(Cl)c3)n2)cc1OC. The third kappa shape index (κ3) is 4.64. The molecule has 0 unspecified atom stereocenters. The number of hydrogen-bond acceptors (Lipinski definition) is 5. The second-order valence-corrected chi connectivity index (χ2v) is 7.51. The van der Waals surface area contributed by atoms with Crippen molar-refractivity contribution in [2.45, 2.75) is 6.42 Å². The van der Waals surface area contributed by atoms with Crippen LogP contribution in [0.5, 0.6) is 11.5 Å². The van der Waals surface area contributed by atoms with Crippen LogP contribution in [0.2, 0.25) is 5.02 Å². The average Bonchev–Trinajstić information content (AvgIpc) is 3.21. The van der Waals surface area contributed by atoms with Gasteiger partial charge in [0.2, 0.25) is 0 Å². The van der Waals surface area contributed by atoms with E-state index in [-0.39, 0.29) is 5.91 Å². The molecular weight excluding hydrogens is 396 g/mol. The van der Waals surface area contributed by atoms with Gasteiger partial charge in [-0.25, -0.2) is 4.98 Å². The Hall–Kier alpha value is -2.57. The molecule has 7 heteroatoms. The summed E-state index contributed by atoms with van der Waals surface area (Å²) in [6.07, 6.45) is 0.702. The highest BCUT2D eigenvalue weighted by Crippen LogP contribution is 2.28. The van der Waals surface area contributed by atoms with Crippen LogP contribution in [0.3, 0.4) is 0 Å². The lowest BCUT2D eigenvalue weighted by atomic mass is 10.1. The molecule has 0 saturated heterocycles. The minimum atomic E-state index is -0.106. The number of amides is 1. The lowest BCUT2D eigenvalue weighted by molar-refractivity contribution is 0.0791. The maximum absolute atomic E-state index is 12.7. The Morgan fingerprint density at radius 3 is 2.64 bits per heavy atom. The Morgan fingerprint density at radius 2 is 1.93 bits per heavy atom. The fourth-order valence-corrected chi connectivity index (χ4v) is 3.74. The highest BCUT2D eigenvalue weighted by atomic mass is 35.5. The normalized spacial score (nSPS) is 10.6. The topological polar surface area (TPSA) is 51.7 Å². The standard InChI is InChI=1S/C21H21ClN2O3S/c1-24(10-9-14-7-8-18(26-2)19(11-14)27-3)21(25)17-13-28-20(23-17)15-5-4-6-16(22)12-15/h4-8,11-13H,9-10H2,1-3H3. The second-order valence-electron chi connectivity index (χ2n) is 6.21. The summed E-state index contributed by atoms with van der Waals surface area (Å²) in [5.41, 5.74) is 2.41. The van der Waals surface area contributed by atoms with Crippen LogP contribution in [-0.2, 0) is 6.42 Å². The van der Waals surface area contributed by atoms with Gasteiger partial charge in [0.05, 0.1) is 14.2 Å². The fourth-order valence-electron chi connectivity index (χ4n) is 2.76. The first-order valence-electron chi connectivity index (χ1n) is 8.69. The Morgan fingerprint density at radius 1 is 1.14 bits per heavy atom. The Labute approximate surface area is 173 Å². The van der Waals surface area contributed by atoms with E-state index in [1.807, 2.05) is 42.5 Å². The van der Waals surface area contributed by atoms with Crippen LogP contribution in [0.1, 0.15) is 16.1 Å². The molecule has 0 saturated carbocycles. The van der Waals surface area contributed by atoms with Gasteiger partial charge >= 0.3 is 0 Å². The molecule has 5 nitrogen and oxygen atoms in total. The predicted molar refractivity (Wildman–Crippen MR) is 113 cm³/mol. The molecule has 0 bridgehead atoms. The van der Waals surface area contributed by atoms with Crippen LogP contribution >= 0.6 is 22.9 Å². The van der Waals surface area contributed by atoms with Gasteiger partial charge in [0, 0.05) is 29.6 Å². The zero-order valence-electron chi connectivity index (χ0n) is 15.9. The van der Waals surface area contributed by atoms with Crippen molar-refractivity contribution in [2.75, 3.05) is 27.8 Å². The number of aromatic nitrogens is 1. The highest BCUT2D eigenvalue weighted by Gasteiger charge is 2.16. The number of hydrogen-bond donors (Lipinski definition) is 0. The van der Waals surface area contributed by atoms with Gasteiger partial charge in [0.1, 0.15) is 10.7 Å². The molecule has 0 aliphatic rings. The van der Waals surface area contributed by atoms with E-state index in [1.54, 1.807) is 31.5 Å². The van der Waals surface area contributed by atoms with Crippen LogP contribution in [0.15, 0.2) is 47.8 Å². The molecule has 2 aromatic carbocycles. The molecule has 1 amide bonds. The van der Waals surface area contributed by atoms with Gasteiger partial charge < -0.3 is 14.4 Å². The number of rotatable bonds is 7. The number of nitrogens with zero attached hydrogens (tertiary/aromatic N) is 2. The Bertz CT molecular complexity index is 974. The van der Waals surface area contributed by atoms with E-state index in [9.17, 15) is 4.79 Å². The molecule has 0 spiro atoms. The summed E-state index contributed by atoms with van der Waals surface area (Å²) in [6.45, 7) is 0.568. The predicted octanol–water partition coefficient (Wildman–Crippen LogP) is 4.80. The third-order valence-corrected chi connectivity index (χ3v) is 5.45. The largest absolute Gasteiger partial charge is 0.493 e. The van der Waals surface area contributed by atoms with Crippen molar-refractivity contribution in [1.82, 2.24) is 9.88 Å². The van der Waals surface area contributed by atoms with Gasteiger partial charge in [-0.3, -0.25) is 4.79 Å². The molecule has 0 fully saturated rings. The van der Waals surface area contributed by atoms with Crippen molar-refractivity contribution in [2.24, 2.45) is 0 Å². The molecule has 1 aromatic heterocycles. The van der Waals surface area contributed by atoms with Crippen molar-refractivity contribution >= 4 is 28.8 Å². The molecule has 28 heavy (non-hydrogen) atoms. The summed E-state index contributed by atoms with van der Waals surface area (Å²) in [5.74, 6) is 1.26. The fraction of sp³-hybridized carbons (Fsp3) is 0.238. The minimum Gasteiger partial charge on any atom is -0.493 e. The smallest absolute Gasteiger partial charge is 0.273 e. The van der Waals surface area contributed by atoms with Gasteiger partial charge in [0.25, 0.3) is 5.91 Å². The first-order chi connectivity index (χ1) is 13.5. The van der Waals surface area contributed by atoms with E-state index in [1.165, 1.54) is 11.3 Å². The van der Waals surface area contributed by atoms with Crippen molar-refractivity contribution in [3.63, 3.8) is 0 Å². The number of carbonyl (C=O) groups is 1. The van der Waals surface area contributed by atoms with Crippen LogP contribution in [-0.4, -0.2) is 43.6 Å². The summed E-state index contributed by atoms with van der Waals surface area (Å²) in [7, 11) is 4.99. The summed E-state index contributed by atoms with van der Waals surface area (Å²) < 4.78 is 10.6. The van der Waals surface area contributed by atoms with E-state index in [0.717, 1.165) is 16.1 Å². The van der Waals surface area contributed by atoms with Crippen molar-refractivity contribution in [3.8, 4) is 22.1 Å². The minimum absolute atomic E-state index is 0.106. The molecule has 0 N–H and O–H groups in total. The number of halogens is 1. The number of ether oxygens (including phenoxy) is 2. The molecule has 3 rings (SSSR count). The van der Waals surface area contributed by atoms with Gasteiger partial charge in [-0.2, -0.15) is 0 Å². The monoisotopic (exact) mass is 416 g/mol. The maximum Gasteiger partial charge on any atom is 0.273 e. The number of carbonyl (C=O) groups excluding carboxylic acids is 1. The van der Waals surface area contributed by atoms with Gasteiger partial charge in [-0.05, 0) is 36.2 Å². The molecule has 1 heterocycles. The number of benzene rings is 2. The maximum atomic E-state index is 12.7. The molecule has 0 radical (unpaired) electrons. The zero-order valence-corrected chi connectivity index (χ0v) is 17.5. The van der Waals surface area contributed by atoms with E-state index in [0.29, 0.717) is 35.2 Å². The van der Waals surface area contributed by atoms with Crippen LogP contribution < -0.4 is 9.47 Å². The highest BCUT2D eigenvalue weighted by molar-refractivity contribution is 7.13. The summed E-state index contributed by atoms with van der Waals surface area (Å²) in [5, 5.41) is 3.21. The summed E-state index contributed by atoms with van der Waals surface area (Å²) in [6, 6.07) is 13.2. The lowest BCUT2D eigenvalue weighted by Gasteiger charge is -2.16. The molecule has 0 atom stereocenters.